The fourth-order valence-electron chi connectivity index (χ4n) is 2.10. The molecule has 23 heavy (non-hydrogen) atoms. The molecule has 0 aliphatic carbocycles. The van der Waals surface area contributed by atoms with Crippen molar-refractivity contribution in [3.05, 3.63) is 59.1 Å². The zero-order valence-electron chi connectivity index (χ0n) is 13.1. The third kappa shape index (κ3) is 4.24. The number of nitrogens with one attached hydrogen (secondary N) is 1. The Bertz CT molecular complexity index is 740. The summed E-state index contributed by atoms with van der Waals surface area (Å²) in [7, 11) is 1.56. The predicted molar refractivity (Wildman–Crippen MR) is 86.5 cm³/mol. The highest BCUT2D eigenvalue weighted by Gasteiger charge is 2.11. The van der Waals surface area contributed by atoms with Crippen LogP contribution in [0.25, 0.3) is 6.08 Å². The van der Waals surface area contributed by atoms with Crippen LogP contribution in [0.2, 0.25) is 0 Å². The fraction of sp³-hybridized carbons (Fsp3) is 0.222. The van der Waals surface area contributed by atoms with Gasteiger partial charge >= 0.3 is 0 Å². The van der Waals surface area contributed by atoms with E-state index in [1.165, 1.54) is 12.3 Å². The van der Waals surface area contributed by atoms with E-state index in [1.54, 1.807) is 19.2 Å². The minimum atomic E-state index is -0.451. The summed E-state index contributed by atoms with van der Waals surface area (Å²) in [6.07, 6.45) is 3.93. The number of nitriles is 1. The zero-order chi connectivity index (χ0) is 16.7. The third-order valence-electron chi connectivity index (χ3n) is 3.37. The van der Waals surface area contributed by atoms with Crippen molar-refractivity contribution in [3.8, 4) is 11.8 Å². The molecule has 1 aromatic heterocycles. The van der Waals surface area contributed by atoms with Gasteiger partial charge in [0, 0.05) is 5.56 Å². The van der Waals surface area contributed by atoms with Crippen molar-refractivity contribution in [2.45, 2.75) is 19.9 Å². The maximum atomic E-state index is 12.1. The minimum Gasteiger partial charge on any atom is -0.496 e. The number of hydrogen-bond acceptors (Lipinski definition) is 4. The molecule has 0 bridgehead atoms. The standard InChI is InChI=1S/C18H18N2O3/c1-3-13-6-7-17(22-2)14(9-13)10-15(11-19)18(21)20-12-16-5-4-8-23-16/h4-10H,3,12H2,1-2H3,(H,20,21)/b15-10+. The molecule has 0 atom stereocenters. The van der Waals surface area contributed by atoms with Crippen molar-refractivity contribution in [1.29, 1.82) is 5.26 Å². The number of hydrogen-bond donors (Lipinski definition) is 1. The van der Waals surface area contributed by atoms with Gasteiger partial charge in [0.1, 0.15) is 23.2 Å². The van der Waals surface area contributed by atoms with Crippen LogP contribution in [0.5, 0.6) is 5.75 Å². The second-order valence-corrected chi connectivity index (χ2v) is 4.86. The number of furan rings is 1. The van der Waals surface area contributed by atoms with E-state index in [-0.39, 0.29) is 12.1 Å². The van der Waals surface area contributed by atoms with Crippen LogP contribution < -0.4 is 10.1 Å². The molecule has 1 heterocycles. The number of carbonyl (C=O) groups excluding carboxylic acids is 1. The van der Waals surface area contributed by atoms with Gasteiger partial charge in [0.25, 0.3) is 5.91 Å². The molecule has 2 rings (SSSR count). The second-order valence-electron chi connectivity index (χ2n) is 4.86. The quantitative estimate of drug-likeness (QED) is 0.657. The average Bonchev–Trinajstić information content (AvgIpc) is 3.10. The monoisotopic (exact) mass is 310 g/mol. The number of nitrogens with zero attached hydrogens (tertiary/aromatic N) is 1. The molecule has 0 spiro atoms. The van der Waals surface area contributed by atoms with Crippen LogP contribution in [0.3, 0.4) is 0 Å². The van der Waals surface area contributed by atoms with Gasteiger partial charge in [-0.25, -0.2) is 0 Å². The maximum Gasteiger partial charge on any atom is 0.262 e. The number of aryl methyl sites for hydroxylation is 1. The van der Waals surface area contributed by atoms with Crippen LogP contribution in [0, 0.1) is 11.3 Å². The molecular formula is C18H18N2O3. The molecule has 0 aliphatic heterocycles. The van der Waals surface area contributed by atoms with Crippen LogP contribution >= 0.6 is 0 Å². The molecule has 1 aromatic carbocycles. The maximum absolute atomic E-state index is 12.1. The number of amides is 1. The topological polar surface area (TPSA) is 75.3 Å². The van der Waals surface area contributed by atoms with Crippen LogP contribution in [0.15, 0.2) is 46.6 Å². The molecule has 118 valence electrons. The zero-order valence-corrected chi connectivity index (χ0v) is 13.1. The van der Waals surface area contributed by atoms with E-state index in [1.807, 2.05) is 31.2 Å². The minimum absolute atomic E-state index is 0.0168. The summed E-state index contributed by atoms with van der Waals surface area (Å²) in [5, 5.41) is 11.9. The first-order valence-corrected chi connectivity index (χ1v) is 7.27. The van der Waals surface area contributed by atoms with Crippen LogP contribution in [-0.4, -0.2) is 13.0 Å². The first-order valence-electron chi connectivity index (χ1n) is 7.27. The summed E-state index contributed by atoms with van der Waals surface area (Å²) < 4.78 is 10.4. The molecule has 5 heteroatoms. The van der Waals surface area contributed by atoms with Crippen LogP contribution in [-0.2, 0) is 17.8 Å². The number of benzene rings is 1. The van der Waals surface area contributed by atoms with Gasteiger partial charge in [-0.2, -0.15) is 5.26 Å². The molecule has 2 aromatic rings. The summed E-state index contributed by atoms with van der Waals surface area (Å²) in [5.74, 6) is 0.794. The summed E-state index contributed by atoms with van der Waals surface area (Å²) in [5.41, 5.74) is 1.82. The van der Waals surface area contributed by atoms with E-state index in [0.29, 0.717) is 17.1 Å². The molecule has 0 saturated carbocycles. The Morgan fingerprint density at radius 1 is 1.43 bits per heavy atom. The van der Waals surface area contributed by atoms with E-state index in [2.05, 4.69) is 5.32 Å². The van der Waals surface area contributed by atoms with Crippen molar-refractivity contribution in [2.75, 3.05) is 7.11 Å². The van der Waals surface area contributed by atoms with Crippen molar-refractivity contribution < 1.29 is 13.9 Å². The normalized spacial score (nSPS) is 10.9. The Hall–Kier alpha value is -3.00. The lowest BCUT2D eigenvalue weighted by Gasteiger charge is -2.08. The van der Waals surface area contributed by atoms with E-state index in [4.69, 9.17) is 9.15 Å². The molecule has 1 amide bonds. The first kappa shape index (κ1) is 16.4. The fourth-order valence-corrected chi connectivity index (χ4v) is 2.10. The molecule has 0 radical (unpaired) electrons. The summed E-state index contributed by atoms with van der Waals surface area (Å²) in [6.45, 7) is 2.27. The van der Waals surface area contributed by atoms with Gasteiger partial charge in [0.05, 0.1) is 19.9 Å². The second kappa shape index (κ2) is 7.85. The van der Waals surface area contributed by atoms with Gasteiger partial charge in [-0.1, -0.05) is 13.0 Å². The lowest BCUT2D eigenvalue weighted by atomic mass is 10.0. The van der Waals surface area contributed by atoms with Crippen LogP contribution in [0.4, 0.5) is 0 Å². The predicted octanol–water partition coefficient (Wildman–Crippen LogP) is 3.07. The van der Waals surface area contributed by atoms with Gasteiger partial charge in [0.15, 0.2) is 0 Å². The molecular weight excluding hydrogens is 292 g/mol. The van der Waals surface area contributed by atoms with E-state index in [9.17, 15) is 10.1 Å². The lowest BCUT2D eigenvalue weighted by molar-refractivity contribution is -0.117. The number of methoxy groups -OCH3 is 1. The molecule has 0 unspecified atom stereocenters. The highest BCUT2D eigenvalue weighted by atomic mass is 16.5. The highest BCUT2D eigenvalue weighted by molar-refractivity contribution is 6.01. The van der Waals surface area contributed by atoms with Gasteiger partial charge < -0.3 is 14.5 Å². The van der Waals surface area contributed by atoms with E-state index < -0.39 is 5.91 Å². The Morgan fingerprint density at radius 2 is 2.26 bits per heavy atom. The Balaban J connectivity index is 2.20. The van der Waals surface area contributed by atoms with E-state index in [0.717, 1.165) is 12.0 Å². The Kier molecular flexibility index (Phi) is 5.59. The van der Waals surface area contributed by atoms with Crippen molar-refractivity contribution in [3.63, 3.8) is 0 Å². The number of rotatable bonds is 6. The van der Waals surface area contributed by atoms with Crippen LogP contribution in [0.1, 0.15) is 23.8 Å². The number of carbonyl (C=O) groups is 1. The first-order chi connectivity index (χ1) is 11.2. The van der Waals surface area contributed by atoms with Crippen molar-refractivity contribution >= 4 is 12.0 Å². The van der Waals surface area contributed by atoms with Gasteiger partial charge in [-0.3, -0.25) is 4.79 Å². The van der Waals surface area contributed by atoms with Gasteiger partial charge in [0.2, 0.25) is 0 Å². The lowest BCUT2D eigenvalue weighted by Crippen LogP contribution is -2.23. The SMILES string of the molecule is CCc1ccc(OC)c(/C=C(\C#N)C(=O)NCc2ccco2)c1. The Labute approximate surface area is 135 Å². The third-order valence-corrected chi connectivity index (χ3v) is 3.37. The van der Waals surface area contributed by atoms with E-state index >= 15 is 0 Å². The smallest absolute Gasteiger partial charge is 0.262 e. The molecule has 0 saturated heterocycles. The molecule has 5 nitrogen and oxygen atoms in total. The molecule has 0 fully saturated rings. The van der Waals surface area contributed by atoms with Gasteiger partial charge in [-0.05, 0) is 42.3 Å². The number of ether oxygens (including phenoxy) is 1. The van der Waals surface area contributed by atoms with Crippen molar-refractivity contribution in [2.24, 2.45) is 0 Å². The highest BCUT2D eigenvalue weighted by Crippen LogP contribution is 2.23. The summed E-state index contributed by atoms with van der Waals surface area (Å²) in [4.78, 5) is 12.1. The summed E-state index contributed by atoms with van der Waals surface area (Å²) in [6, 6.07) is 11.1. The largest absolute Gasteiger partial charge is 0.496 e. The molecule has 1 N–H and O–H groups in total. The molecule has 0 aliphatic rings. The summed E-state index contributed by atoms with van der Waals surface area (Å²) >= 11 is 0. The van der Waals surface area contributed by atoms with Gasteiger partial charge in [-0.15, -0.1) is 0 Å². The van der Waals surface area contributed by atoms with Crippen molar-refractivity contribution in [1.82, 2.24) is 5.32 Å². The Morgan fingerprint density at radius 3 is 2.87 bits per heavy atom. The average molecular weight is 310 g/mol.